The maximum absolute atomic E-state index is 14.6. The van der Waals surface area contributed by atoms with Gasteiger partial charge in [-0.3, -0.25) is 9.59 Å². The van der Waals surface area contributed by atoms with Crippen LogP contribution in [0.5, 0.6) is 0 Å². The van der Waals surface area contributed by atoms with Gasteiger partial charge in [-0.15, -0.1) is 0 Å². The number of benzene rings is 1. The van der Waals surface area contributed by atoms with Gasteiger partial charge in [-0.1, -0.05) is 61.1 Å². The van der Waals surface area contributed by atoms with Crippen molar-refractivity contribution in [3.8, 4) is 0 Å². The lowest BCUT2D eigenvalue weighted by Crippen LogP contribution is -2.36. The smallest absolute Gasteiger partial charge is 0.252 e. The topological polar surface area (TPSA) is 71.1 Å². The van der Waals surface area contributed by atoms with Crippen LogP contribution in [0, 0.1) is 17.7 Å². The van der Waals surface area contributed by atoms with Crippen molar-refractivity contribution >= 4 is 39.9 Å². The molecule has 1 unspecified atom stereocenters. The summed E-state index contributed by atoms with van der Waals surface area (Å²) in [7, 11) is 0. The van der Waals surface area contributed by atoms with Gasteiger partial charge in [0.15, 0.2) is 5.13 Å². The zero-order valence-corrected chi connectivity index (χ0v) is 16.8. The molecular formula is C20H21ClFN3O2S. The number of aromatic nitrogens is 1. The highest BCUT2D eigenvalue weighted by molar-refractivity contribution is 7.19. The van der Waals surface area contributed by atoms with Crippen LogP contribution in [0.2, 0.25) is 4.34 Å². The van der Waals surface area contributed by atoms with Crippen molar-refractivity contribution in [1.29, 1.82) is 0 Å². The zero-order valence-electron chi connectivity index (χ0n) is 15.2. The first-order chi connectivity index (χ1) is 13.5. The second-order valence-electron chi connectivity index (χ2n) is 7.46. The summed E-state index contributed by atoms with van der Waals surface area (Å²) in [6.07, 6.45) is 7.68. The fourth-order valence-corrected chi connectivity index (χ4v) is 5.15. The van der Waals surface area contributed by atoms with Crippen molar-refractivity contribution in [2.24, 2.45) is 11.8 Å². The van der Waals surface area contributed by atoms with Gasteiger partial charge in [-0.05, 0) is 24.5 Å². The molecule has 0 spiro atoms. The first-order valence-electron chi connectivity index (χ1n) is 9.54. The third kappa shape index (κ3) is 3.91. The highest BCUT2D eigenvalue weighted by Crippen LogP contribution is 2.39. The quantitative estimate of drug-likeness (QED) is 0.717. The summed E-state index contributed by atoms with van der Waals surface area (Å²) in [6, 6.07) is 3.77. The second-order valence-corrected chi connectivity index (χ2v) is 9.12. The van der Waals surface area contributed by atoms with Gasteiger partial charge < -0.3 is 10.6 Å². The first-order valence-corrected chi connectivity index (χ1v) is 10.7. The third-order valence-electron chi connectivity index (χ3n) is 5.65. The van der Waals surface area contributed by atoms with Gasteiger partial charge in [-0.25, -0.2) is 9.37 Å². The molecule has 0 radical (unpaired) electrons. The molecule has 2 N–H and O–H groups in total. The van der Waals surface area contributed by atoms with E-state index in [1.54, 1.807) is 6.07 Å². The summed E-state index contributed by atoms with van der Waals surface area (Å²) in [5, 5.41) is 6.05. The SMILES string of the molecule is O=C1N[C@@H](C(CC2CCCCC2)C(=O)Nc2ncc(Cl)s2)c2c(F)cccc21. The average Bonchev–Trinajstić information content (AvgIpc) is 3.24. The van der Waals surface area contributed by atoms with Crippen LogP contribution in [0.25, 0.3) is 0 Å². The van der Waals surface area contributed by atoms with Crippen LogP contribution in [0.15, 0.2) is 24.4 Å². The predicted molar refractivity (Wildman–Crippen MR) is 107 cm³/mol. The van der Waals surface area contributed by atoms with Gasteiger partial charge in [0.25, 0.3) is 5.91 Å². The molecular weight excluding hydrogens is 401 g/mol. The molecule has 1 aromatic heterocycles. The standard InChI is InChI=1S/C20H21ClFN3O2S/c21-15-10-23-20(28-15)25-19(27)13(9-11-5-2-1-3-6-11)17-16-12(18(26)24-17)7-4-8-14(16)22/h4,7-8,10-11,13,17H,1-3,5-6,9H2,(H,24,26)(H,23,25,27)/t13?,17-/m0/s1. The molecule has 5 nitrogen and oxygen atoms in total. The predicted octanol–water partition coefficient (Wildman–Crippen LogP) is 4.95. The lowest BCUT2D eigenvalue weighted by molar-refractivity contribution is -0.121. The fourth-order valence-electron chi connectivity index (χ4n) is 4.33. The van der Waals surface area contributed by atoms with E-state index in [4.69, 9.17) is 11.6 Å². The number of thiazole rings is 1. The van der Waals surface area contributed by atoms with E-state index in [9.17, 15) is 14.0 Å². The number of anilines is 1. The van der Waals surface area contributed by atoms with Gasteiger partial charge >= 0.3 is 0 Å². The Morgan fingerprint density at radius 2 is 2.14 bits per heavy atom. The molecule has 2 aromatic rings. The Labute approximate surface area is 171 Å². The number of carbonyl (C=O) groups is 2. The number of halogens is 2. The van der Waals surface area contributed by atoms with Crippen LogP contribution in [0.4, 0.5) is 9.52 Å². The molecule has 28 heavy (non-hydrogen) atoms. The van der Waals surface area contributed by atoms with Gasteiger partial charge in [0.05, 0.1) is 18.2 Å². The summed E-state index contributed by atoms with van der Waals surface area (Å²) in [6.45, 7) is 0. The Hall–Kier alpha value is -1.99. The number of rotatable bonds is 5. The maximum atomic E-state index is 14.6. The number of nitrogens with zero attached hydrogens (tertiary/aromatic N) is 1. The molecule has 8 heteroatoms. The monoisotopic (exact) mass is 421 g/mol. The van der Waals surface area contributed by atoms with Gasteiger partial charge in [0.2, 0.25) is 5.91 Å². The highest BCUT2D eigenvalue weighted by atomic mass is 35.5. The summed E-state index contributed by atoms with van der Waals surface area (Å²) in [5.74, 6) is -1.25. The minimum Gasteiger partial charge on any atom is -0.344 e. The molecule has 0 saturated heterocycles. The summed E-state index contributed by atoms with van der Waals surface area (Å²) in [5.41, 5.74) is 0.601. The van der Waals surface area contributed by atoms with Crippen molar-refractivity contribution in [2.75, 3.05) is 5.32 Å². The molecule has 2 atom stereocenters. The van der Waals surface area contributed by atoms with Crippen LogP contribution in [-0.4, -0.2) is 16.8 Å². The molecule has 1 fully saturated rings. The average molecular weight is 422 g/mol. The largest absolute Gasteiger partial charge is 0.344 e. The molecule has 1 aliphatic carbocycles. The zero-order chi connectivity index (χ0) is 19.7. The molecule has 0 bridgehead atoms. The Morgan fingerprint density at radius 1 is 1.36 bits per heavy atom. The Kier molecular flexibility index (Phi) is 5.64. The minimum absolute atomic E-state index is 0.266. The minimum atomic E-state index is -0.680. The van der Waals surface area contributed by atoms with Crippen molar-refractivity contribution < 1.29 is 14.0 Å². The first kappa shape index (κ1) is 19.3. The molecule has 1 saturated carbocycles. The van der Waals surface area contributed by atoms with E-state index in [1.807, 2.05) is 0 Å². The van der Waals surface area contributed by atoms with Crippen molar-refractivity contribution in [3.05, 3.63) is 45.7 Å². The Balaban J connectivity index is 1.63. The van der Waals surface area contributed by atoms with Crippen molar-refractivity contribution in [1.82, 2.24) is 10.3 Å². The van der Waals surface area contributed by atoms with E-state index in [0.29, 0.717) is 32.9 Å². The van der Waals surface area contributed by atoms with Crippen LogP contribution in [0.3, 0.4) is 0 Å². The summed E-state index contributed by atoms with van der Waals surface area (Å²) < 4.78 is 15.1. The number of amides is 2. The number of carbonyl (C=O) groups excluding carboxylic acids is 2. The van der Waals surface area contributed by atoms with Gasteiger partial charge in [0, 0.05) is 11.1 Å². The number of fused-ring (bicyclic) bond motifs is 1. The number of hydrogen-bond donors (Lipinski definition) is 2. The Morgan fingerprint density at radius 3 is 2.86 bits per heavy atom. The second kappa shape index (κ2) is 8.17. The van der Waals surface area contributed by atoms with E-state index in [0.717, 1.165) is 25.7 Å². The summed E-state index contributed by atoms with van der Waals surface area (Å²) >= 11 is 7.08. The van der Waals surface area contributed by atoms with Gasteiger partial charge in [0.1, 0.15) is 10.2 Å². The molecule has 2 heterocycles. The van der Waals surface area contributed by atoms with Crippen molar-refractivity contribution in [3.63, 3.8) is 0 Å². The highest BCUT2D eigenvalue weighted by Gasteiger charge is 2.41. The molecule has 148 valence electrons. The lowest BCUT2D eigenvalue weighted by atomic mass is 9.79. The molecule has 1 aromatic carbocycles. The molecule has 2 amide bonds. The molecule has 1 aliphatic heterocycles. The fraction of sp³-hybridized carbons (Fsp3) is 0.450. The van der Waals surface area contributed by atoms with E-state index >= 15 is 0 Å². The maximum Gasteiger partial charge on any atom is 0.252 e. The van der Waals surface area contributed by atoms with Crippen LogP contribution in [0.1, 0.15) is 60.5 Å². The lowest BCUT2D eigenvalue weighted by Gasteiger charge is -2.29. The van der Waals surface area contributed by atoms with Crippen LogP contribution in [-0.2, 0) is 4.79 Å². The Bertz CT molecular complexity index is 897. The third-order valence-corrected chi connectivity index (χ3v) is 6.68. The normalized spacial score (nSPS) is 20.5. The van der Waals surface area contributed by atoms with E-state index in [1.165, 1.54) is 36.1 Å². The molecule has 2 aliphatic rings. The summed E-state index contributed by atoms with van der Waals surface area (Å²) in [4.78, 5) is 29.6. The van der Waals surface area contributed by atoms with E-state index in [-0.39, 0.29) is 11.8 Å². The van der Waals surface area contributed by atoms with Crippen molar-refractivity contribution in [2.45, 2.75) is 44.6 Å². The van der Waals surface area contributed by atoms with Crippen LogP contribution >= 0.6 is 22.9 Å². The molecule has 4 rings (SSSR count). The van der Waals surface area contributed by atoms with E-state index in [2.05, 4.69) is 15.6 Å². The number of nitrogens with one attached hydrogen (secondary N) is 2. The van der Waals surface area contributed by atoms with Gasteiger partial charge in [-0.2, -0.15) is 0 Å². The van der Waals surface area contributed by atoms with Crippen LogP contribution < -0.4 is 10.6 Å². The number of hydrogen-bond acceptors (Lipinski definition) is 4. The van der Waals surface area contributed by atoms with E-state index < -0.39 is 17.8 Å².